The summed E-state index contributed by atoms with van der Waals surface area (Å²) in [6.45, 7) is 1.52. The number of aromatic nitrogens is 2. The highest BCUT2D eigenvalue weighted by Crippen LogP contribution is 2.39. The molecule has 2 fully saturated rings. The van der Waals surface area contributed by atoms with E-state index in [1.807, 2.05) is 31.4 Å². The maximum absolute atomic E-state index is 12.8. The van der Waals surface area contributed by atoms with Gasteiger partial charge in [-0.2, -0.15) is 0 Å². The number of amides is 1. The van der Waals surface area contributed by atoms with Crippen LogP contribution < -0.4 is 0 Å². The lowest BCUT2D eigenvalue weighted by molar-refractivity contribution is -0.130. The Labute approximate surface area is 177 Å². The molecule has 8 heteroatoms. The number of hydrogen-bond donors (Lipinski definition) is 2. The van der Waals surface area contributed by atoms with Crippen LogP contribution in [0.4, 0.5) is 0 Å². The summed E-state index contributed by atoms with van der Waals surface area (Å²) in [5, 5.41) is 6.89. The van der Waals surface area contributed by atoms with E-state index in [1.165, 1.54) is 0 Å². The van der Waals surface area contributed by atoms with Gasteiger partial charge in [-0.25, -0.2) is 4.98 Å². The third kappa shape index (κ3) is 4.99. The van der Waals surface area contributed by atoms with Gasteiger partial charge >= 0.3 is 0 Å². The lowest BCUT2D eigenvalue weighted by atomic mass is 9.77. The van der Waals surface area contributed by atoms with Crippen LogP contribution in [0.3, 0.4) is 0 Å². The number of rotatable bonds is 5. The Morgan fingerprint density at radius 1 is 1.30 bits per heavy atom. The highest BCUT2D eigenvalue weighted by molar-refractivity contribution is 5.77. The fourth-order valence-corrected chi connectivity index (χ4v) is 4.90. The average Bonchev–Trinajstić information content (AvgIpc) is 3.34. The molecule has 0 bridgehead atoms. The van der Waals surface area contributed by atoms with E-state index in [0.717, 1.165) is 42.8 Å². The maximum atomic E-state index is 12.8. The maximum Gasteiger partial charge on any atom is 0.290 e. The number of methoxy groups -OCH3 is 1. The molecule has 1 aliphatic carbocycles. The number of para-hydroxylation sites is 2. The van der Waals surface area contributed by atoms with Crippen molar-refractivity contribution in [3.05, 3.63) is 30.1 Å². The smallest absolute Gasteiger partial charge is 0.290 e. The summed E-state index contributed by atoms with van der Waals surface area (Å²) in [5.74, 6) is 2.31. The number of ether oxygens (including phenoxy) is 1. The molecule has 30 heavy (non-hydrogen) atoms. The molecular formula is C22H32N4O4. The molecule has 1 aliphatic heterocycles. The van der Waals surface area contributed by atoms with Crippen molar-refractivity contribution in [3.8, 4) is 0 Å². The monoisotopic (exact) mass is 416 g/mol. The van der Waals surface area contributed by atoms with E-state index in [4.69, 9.17) is 14.6 Å². The van der Waals surface area contributed by atoms with Crippen molar-refractivity contribution >= 4 is 23.4 Å². The fourth-order valence-electron chi connectivity index (χ4n) is 4.90. The van der Waals surface area contributed by atoms with Gasteiger partial charge in [0, 0.05) is 39.1 Å². The molecule has 2 N–H and O–H groups in total. The summed E-state index contributed by atoms with van der Waals surface area (Å²) in [5.41, 5.74) is 2.00. The second kappa shape index (κ2) is 10.0. The number of carbonyl (C=O) groups is 2. The summed E-state index contributed by atoms with van der Waals surface area (Å²) >= 11 is 0. The van der Waals surface area contributed by atoms with Crippen LogP contribution in [0, 0.1) is 11.8 Å². The predicted molar refractivity (Wildman–Crippen MR) is 114 cm³/mol. The summed E-state index contributed by atoms with van der Waals surface area (Å²) in [7, 11) is 6.07. The van der Waals surface area contributed by atoms with E-state index in [1.54, 1.807) is 0 Å². The number of nitrogens with zero attached hydrogens (tertiary/aromatic N) is 3. The molecule has 0 radical (unpaired) electrons. The number of fused-ring (bicyclic) bond motifs is 2. The van der Waals surface area contributed by atoms with E-state index < -0.39 is 0 Å². The van der Waals surface area contributed by atoms with Crippen LogP contribution in [0.15, 0.2) is 24.3 Å². The third-order valence-electron chi connectivity index (χ3n) is 6.42. The molecule has 4 rings (SSSR count). The van der Waals surface area contributed by atoms with Crippen molar-refractivity contribution < 1.29 is 19.4 Å². The van der Waals surface area contributed by atoms with Crippen LogP contribution in [0.25, 0.3) is 11.0 Å². The summed E-state index contributed by atoms with van der Waals surface area (Å²) in [4.78, 5) is 33.4. The number of H-pyrrole nitrogens is 1. The molecule has 1 aromatic carbocycles. The number of benzene rings is 1. The van der Waals surface area contributed by atoms with Gasteiger partial charge in [-0.05, 0) is 50.9 Å². The molecule has 2 heterocycles. The molecule has 1 saturated carbocycles. The third-order valence-corrected chi connectivity index (χ3v) is 6.42. The second-order valence-corrected chi connectivity index (χ2v) is 8.40. The Hall–Kier alpha value is -2.45. The minimum absolute atomic E-state index is 0.250. The van der Waals surface area contributed by atoms with Gasteiger partial charge in [0.05, 0.1) is 17.1 Å². The number of likely N-dealkylation sites (N-methyl/N-ethyl adjacent to an activating group) is 1. The Morgan fingerprint density at radius 3 is 2.60 bits per heavy atom. The molecule has 4 atom stereocenters. The highest BCUT2D eigenvalue weighted by Gasteiger charge is 2.44. The normalized spacial score (nSPS) is 25.7. The number of aromatic amines is 1. The first-order valence-electron chi connectivity index (χ1n) is 10.4. The van der Waals surface area contributed by atoms with E-state index in [0.29, 0.717) is 30.7 Å². The molecule has 0 unspecified atom stereocenters. The van der Waals surface area contributed by atoms with Gasteiger partial charge in [0.1, 0.15) is 5.82 Å². The van der Waals surface area contributed by atoms with Gasteiger partial charge < -0.3 is 24.6 Å². The standard InChI is InChI=1S/C21H30N4O2.CH2O2/c1-24(2)18-10-14-12-25(13-15(14)11-19(18)27-3)21(26)9-8-20-22-16-6-4-5-7-17(16)23-20;2-1-3/h4-7,14-15,18-19H,8-13H2,1-3H3,(H,22,23);1H,(H,2,3)/t14-,15+,18-,19-;/m1./s1. The lowest BCUT2D eigenvalue weighted by Gasteiger charge is -2.40. The van der Waals surface area contributed by atoms with Crippen molar-refractivity contribution in [2.24, 2.45) is 11.8 Å². The van der Waals surface area contributed by atoms with Gasteiger partial charge in [-0.1, -0.05) is 12.1 Å². The molecule has 0 spiro atoms. The lowest BCUT2D eigenvalue weighted by Crippen LogP contribution is -2.47. The largest absolute Gasteiger partial charge is 0.483 e. The number of imidazole rings is 1. The molecular weight excluding hydrogens is 384 g/mol. The molecule has 2 aliphatic rings. The molecule has 2 aromatic rings. The zero-order chi connectivity index (χ0) is 21.7. The molecule has 1 amide bonds. The van der Waals surface area contributed by atoms with Gasteiger partial charge in [0.25, 0.3) is 6.47 Å². The summed E-state index contributed by atoms with van der Waals surface area (Å²) in [6.07, 6.45) is 3.62. The minimum atomic E-state index is -0.250. The van der Waals surface area contributed by atoms with Crippen molar-refractivity contribution in [1.82, 2.24) is 19.8 Å². The predicted octanol–water partition coefficient (Wildman–Crippen LogP) is 2.01. The van der Waals surface area contributed by atoms with Gasteiger partial charge in [-0.3, -0.25) is 9.59 Å². The van der Waals surface area contributed by atoms with Crippen molar-refractivity contribution in [1.29, 1.82) is 0 Å². The van der Waals surface area contributed by atoms with Gasteiger partial charge in [-0.15, -0.1) is 0 Å². The summed E-state index contributed by atoms with van der Waals surface area (Å²) < 4.78 is 5.75. The van der Waals surface area contributed by atoms with Crippen LogP contribution in [0.2, 0.25) is 0 Å². The zero-order valence-electron chi connectivity index (χ0n) is 18.0. The molecule has 8 nitrogen and oxygen atoms in total. The average molecular weight is 417 g/mol. The second-order valence-electron chi connectivity index (χ2n) is 8.40. The number of nitrogens with one attached hydrogen (secondary N) is 1. The Kier molecular flexibility index (Phi) is 7.44. The quantitative estimate of drug-likeness (QED) is 0.724. The van der Waals surface area contributed by atoms with Crippen LogP contribution in [-0.4, -0.2) is 83.7 Å². The van der Waals surface area contributed by atoms with Crippen LogP contribution in [-0.2, 0) is 20.7 Å². The van der Waals surface area contributed by atoms with Crippen LogP contribution in [0.1, 0.15) is 25.1 Å². The first kappa shape index (κ1) is 22.2. The van der Waals surface area contributed by atoms with Gasteiger partial charge in [0.2, 0.25) is 5.91 Å². The first-order valence-corrected chi connectivity index (χ1v) is 10.4. The highest BCUT2D eigenvalue weighted by atomic mass is 16.5. The topological polar surface area (TPSA) is 98.8 Å². The zero-order valence-corrected chi connectivity index (χ0v) is 18.0. The Bertz CT molecular complexity index is 820. The van der Waals surface area contributed by atoms with E-state index in [-0.39, 0.29) is 18.5 Å². The number of likely N-dealkylation sites (tertiary alicyclic amines) is 1. The van der Waals surface area contributed by atoms with Crippen LogP contribution in [0.5, 0.6) is 0 Å². The molecule has 1 aromatic heterocycles. The minimum Gasteiger partial charge on any atom is -0.483 e. The molecule has 164 valence electrons. The number of hydrogen-bond acceptors (Lipinski definition) is 5. The number of carbonyl (C=O) groups excluding carboxylic acids is 1. The molecule has 1 saturated heterocycles. The Balaban J connectivity index is 0.000000806. The Morgan fingerprint density at radius 2 is 1.97 bits per heavy atom. The van der Waals surface area contributed by atoms with E-state index in [9.17, 15) is 4.79 Å². The van der Waals surface area contributed by atoms with E-state index in [2.05, 4.69) is 33.9 Å². The van der Waals surface area contributed by atoms with Crippen LogP contribution >= 0.6 is 0 Å². The SMILES string of the molecule is CO[C@@H]1C[C@H]2CN(C(=O)CCc3nc4ccccc4[nH]3)C[C@H]2C[C@H]1N(C)C.O=CO. The van der Waals surface area contributed by atoms with Crippen molar-refractivity contribution in [3.63, 3.8) is 0 Å². The summed E-state index contributed by atoms with van der Waals surface area (Å²) in [6, 6.07) is 8.44. The van der Waals surface area contributed by atoms with Crippen molar-refractivity contribution in [2.75, 3.05) is 34.3 Å². The number of carboxylic acid groups (broad SMARTS) is 1. The van der Waals surface area contributed by atoms with E-state index >= 15 is 0 Å². The van der Waals surface area contributed by atoms with Crippen molar-refractivity contribution in [2.45, 2.75) is 37.8 Å². The first-order chi connectivity index (χ1) is 14.5. The fraction of sp³-hybridized carbons (Fsp3) is 0.591. The van der Waals surface area contributed by atoms with Gasteiger partial charge in [0.15, 0.2) is 0 Å². The number of aryl methyl sites for hydroxylation is 1.